The highest BCUT2D eigenvalue weighted by molar-refractivity contribution is 6.33. The van der Waals surface area contributed by atoms with Gasteiger partial charge in [-0.25, -0.2) is 9.59 Å². The van der Waals surface area contributed by atoms with E-state index in [1.165, 1.54) is 7.11 Å². The highest BCUT2D eigenvalue weighted by Crippen LogP contribution is 2.40. The molecule has 25 heavy (non-hydrogen) atoms. The zero-order valence-corrected chi connectivity index (χ0v) is 15.4. The SMILES string of the molecule is CCOC(=O)C1=C(C)NC(C)=C(C(=O)OC)C1c1ccc(Cl)c(N)c1. The van der Waals surface area contributed by atoms with Crippen LogP contribution >= 0.6 is 11.6 Å². The summed E-state index contributed by atoms with van der Waals surface area (Å²) in [6.07, 6.45) is 0. The first-order chi connectivity index (χ1) is 11.8. The molecule has 0 saturated carbocycles. The summed E-state index contributed by atoms with van der Waals surface area (Å²) in [5, 5.41) is 3.46. The van der Waals surface area contributed by atoms with E-state index in [1.54, 1.807) is 39.0 Å². The number of halogens is 1. The number of allylic oxidation sites excluding steroid dienone is 2. The maximum absolute atomic E-state index is 12.6. The van der Waals surface area contributed by atoms with Crippen LogP contribution in [0.25, 0.3) is 0 Å². The summed E-state index contributed by atoms with van der Waals surface area (Å²) >= 11 is 6.01. The highest BCUT2D eigenvalue weighted by Gasteiger charge is 2.37. The van der Waals surface area contributed by atoms with E-state index >= 15 is 0 Å². The molecule has 1 unspecified atom stereocenters. The van der Waals surface area contributed by atoms with E-state index < -0.39 is 17.9 Å². The van der Waals surface area contributed by atoms with E-state index in [1.807, 2.05) is 0 Å². The van der Waals surface area contributed by atoms with E-state index in [0.29, 0.717) is 38.8 Å². The Morgan fingerprint density at radius 1 is 1.20 bits per heavy atom. The van der Waals surface area contributed by atoms with Crippen molar-refractivity contribution in [3.8, 4) is 0 Å². The van der Waals surface area contributed by atoms with Crippen LogP contribution in [0.5, 0.6) is 0 Å². The van der Waals surface area contributed by atoms with Gasteiger partial charge in [0, 0.05) is 11.4 Å². The number of anilines is 1. The molecule has 6 nitrogen and oxygen atoms in total. The number of esters is 2. The zero-order chi connectivity index (χ0) is 18.7. The van der Waals surface area contributed by atoms with Crippen LogP contribution in [0.2, 0.25) is 5.02 Å². The lowest BCUT2D eigenvalue weighted by Gasteiger charge is -2.30. The Morgan fingerprint density at radius 3 is 2.32 bits per heavy atom. The second-order valence-corrected chi connectivity index (χ2v) is 6.04. The fourth-order valence-corrected chi connectivity index (χ4v) is 3.05. The lowest BCUT2D eigenvalue weighted by molar-refractivity contribution is -0.139. The third-order valence-corrected chi connectivity index (χ3v) is 4.36. The molecular formula is C18H21ClN2O4. The fourth-order valence-electron chi connectivity index (χ4n) is 2.93. The number of methoxy groups -OCH3 is 1. The van der Waals surface area contributed by atoms with Crippen molar-refractivity contribution in [2.45, 2.75) is 26.7 Å². The van der Waals surface area contributed by atoms with Crippen molar-refractivity contribution < 1.29 is 19.1 Å². The molecule has 1 aliphatic heterocycles. The molecule has 0 aromatic heterocycles. The minimum Gasteiger partial charge on any atom is -0.466 e. The standard InChI is InChI=1S/C18H21ClN2O4/c1-5-25-18(23)15-10(3)21-9(2)14(17(22)24-4)16(15)11-6-7-12(19)13(20)8-11/h6-8,16,21H,5,20H2,1-4H3. The maximum Gasteiger partial charge on any atom is 0.336 e. The van der Waals surface area contributed by atoms with Crippen LogP contribution in [0.15, 0.2) is 40.7 Å². The molecule has 2 rings (SSSR count). The molecule has 0 fully saturated rings. The molecule has 134 valence electrons. The van der Waals surface area contributed by atoms with E-state index in [2.05, 4.69) is 5.32 Å². The average Bonchev–Trinajstić information content (AvgIpc) is 2.56. The van der Waals surface area contributed by atoms with Gasteiger partial charge in [0.2, 0.25) is 0 Å². The largest absolute Gasteiger partial charge is 0.466 e. The van der Waals surface area contributed by atoms with Crippen LogP contribution in [0, 0.1) is 0 Å². The van der Waals surface area contributed by atoms with Gasteiger partial charge in [-0.15, -0.1) is 0 Å². The van der Waals surface area contributed by atoms with Crippen molar-refractivity contribution in [1.29, 1.82) is 0 Å². The summed E-state index contributed by atoms with van der Waals surface area (Å²) in [6, 6.07) is 5.02. The Hall–Kier alpha value is -2.47. The number of hydrogen-bond acceptors (Lipinski definition) is 6. The number of carbonyl (C=O) groups is 2. The Labute approximate surface area is 151 Å². The van der Waals surface area contributed by atoms with Crippen molar-refractivity contribution in [3.05, 3.63) is 51.3 Å². The van der Waals surface area contributed by atoms with Gasteiger partial charge in [0.25, 0.3) is 0 Å². The third-order valence-electron chi connectivity index (χ3n) is 4.01. The number of hydrogen-bond donors (Lipinski definition) is 2. The van der Waals surface area contributed by atoms with Crippen LogP contribution in [0.1, 0.15) is 32.3 Å². The molecule has 1 heterocycles. The molecule has 1 aromatic carbocycles. The molecule has 1 aliphatic rings. The summed E-state index contributed by atoms with van der Waals surface area (Å²) in [5.74, 6) is -1.69. The van der Waals surface area contributed by atoms with Crippen molar-refractivity contribution >= 4 is 29.2 Å². The molecule has 0 radical (unpaired) electrons. The normalized spacial score (nSPS) is 17.2. The molecular weight excluding hydrogens is 344 g/mol. The average molecular weight is 365 g/mol. The van der Waals surface area contributed by atoms with E-state index in [-0.39, 0.29) is 6.61 Å². The maximum atomic E-state index is 12.6. The van der Waals surface area contributed by atoms with Gasteiger partial charge in [0.05, 0.1) is 41.5 Å². The summed E-state index contributed by atoms with van der Waals surface area (Å²) in [5.41, 5.74) is 8.83. The molecule has 3 N–H and O–H groups in total. The van der Waals surface area contributed by atoms with Crippen molar-refractivity contribution in [1.82, 2.24) is 5.32 Å². The molecule has 1 aromatic rings. The predicted octanol–water partition coefficient (Wildman–Crippen LogP) is 2.89. The Balaban J connectivity index is 2.68. The van der Waals surface area contributed by atoms with Crippen molar-refractivity contribution in [2.24, 2.45) is 0 Å². The number of nitrogens with one attached hydrogen (secondary N) is 1. The fraction of sp³-hybridized carbons (Fsp3) is 0.333. The smallest absolute Gasteiger partial charge is 0.336 e. The predicted molar refractivity (Wildman–Crippen MR) is 95.8 cm³/mol. The van der Waals surface area contributed by atoms with Crippen LogP contribution in [-0.4, -0.2) is 25.7 Å². The summed E-state index contributed by atoms with van der Waals surface area (Å²) < 4.78 is 10.1. The number of ether oxygens (including phenoxy) is 2. The Bertz CT molecular complexity index is 783. The monoisotopic (exact) mass is 364 g/mol. The van der Waals surface area contributed by atoms with Gasteiger partial charge in [-0.3, -0.25) is 0 Å². The Kier molecular flexibility index (Phi) is 5.74. The highest BCUT2D eigenvalue weighted by atomic mass is 35.5. The van der Waals surface area contributed by atoms with E-state index in [4.69, 9.17) is 26.8 Å². The summed E-state index contributed by atoms with van der Waals surface area (Å²) in [4.78, 5) is 24.9. The molecule has 0 amide bonds. The topological polar surface area (TPSA) is 90.6 Å². The Morgan fingerprint density at radius 2 is 1.80 bits per heavy atom. The van der Waals surface area contributed by atoms with Gasteiger partial charge < -0.3 is 20.5 Å². The molecule has 7 heteroatoms. The van der Waals surface area contributed by atoms with Gasteiger partial charge in [-0.2, -0.15) is 0 Å². The number of nitrogens with two attached hydrogens (primary N) is 1. The first kappa shape index (κ1) is 18.9. The van der Waals surface area contributed by atoms with Crippen LogP contribution < -0.4 is 11.1 Å². The summed E-state index contributed by atoms with van der Waals surface area (Å²) in [7, 11) is 1.30. The number of rotatable bonds is 4. The number of benzene rings is 1. The minimum absolute atomic E-state index is 0.224. The number of nitrogen functional groups attached to an aromatic ring is 1. The minimum atomic E-state index is -0.660. The van der Waals surface area contributed by atoms with Crippen molar-refractivity contribution in [3.63, 3.8) is 0 Å². The first-order valence-corrected chi connectivity index (χ1v) is 8.18. The zero-order valence-electron chi connectivity index (χ0n) is 14.6. The molecule has 0 bridgehead atoms. The first-order valence-electron chi connectivity index (χ1n) is 7.80. The van der Waals surface area contributed by atoms with Gasteiger partial charge >= 0.3 is 11.9 Å². The molecule has 0 spiro atoms. The van der Waals surface area contributed by atoms with E-state index in [0.717, 1.165) is 0 Å². The van der Waals surface area contributed by atoms with Crippen LogP contribution in [-0.2, 0) is 19.1 Å². The van der Waals surface area contributed by atoms with Gasteiger partial charge in [0.15, 0.2) is 0 Å². The molecule has 0 saturated heterocycles. The van der Waals surface area contributed by atoms with Crippen LogP contribution in [0.3, 0.4) is 0 Å². The molecule has 1 atom stereocenters. The van der Waals surface area contributed by atoms with E-state index in [9.17, 15) is 9.59 Å². The van der Waals surface area contributed by atoms with Crippen LogP contribution in [0.4, 0.5) is 5.69 Å². The number of dihydropyridines is 1. The van der Waals surface area contributed by atoms with Gasteiger partial charge in [0.1, 0.15) is 0 Å². The van der Waals surface area contributed by atoms with Crippen molar-refractivity contribution in [2.75, 3.05) is 19.5 Å². The summed E-state index contributed by atoms with van der Waals surface area (Å²) in [6.45, 7) is 5.46. The lowest BCUT2D eigenvalue weighted by Crippen LogP contribution is -2.32. The quantitative estimate of drug-likeness (QED) is 0.630. The lowest BCUT2D eigenvalue weighted by atomic mass is 9.80. The number of carbonyl (C=O) groups excluding carboxylic acids is 2. The second kappa shape index (κ2) is 7.61. The molecule has 0 aliphatic carbocycles. The second-order valence-electron chi connectivity index (χ2n) is 5.63. The third kappa shape index (κ3) is 3.64. The van der Waals surface area contributed by atoms with Gasteiger partial charge in [-0.1, -0.05) is 17.7 Å². The van der Waals surface area contributed by atoms with Gasteiger partial charge in [-0.05, 0) is 38.5 Å².